The van der Waals surface area contributed by atoms with Gasteiger partial charge in [0.25, 0.3) is 0 Å². The average Bonchev–Trinajstić information content (AvgIpc) is 2.37. The molecule has 0 bridgehead atoms. The van der Waals surface area contributed by atoms with Gasteiger partial charge in [-0.1, -0.05) is 43.1 Å². The smallest absolute Gasteiger partial charge is 0.200 e. The van der Waals surface area contributed by atoms with Crippen molar-refractivity contribution in [1.82, 2.24) is 0 Å². The molecule has 0 amide bonds. The summed E-state index contributed by atoms with van der Waals surface area (Å²) in [5.41, 5.74) is 0. The van der Waals surface area contributed by atoms with Crippen molar-refractivity contribution in [2.75, 3.05) is 0 Å². The van der Waals surface area contributed by atoms with Crippen molar-refractivity contribution in [3.63, 3.8) is 0 Å². The molecule has 0 unspecified atom stereocenters. The van der Waals surface area contributed by atoms with E-state index in [1.54, 1.807) is 6.07 Å². The molecule has 2 nitrogen and oxygen atoms in total. The Balaban J connectivity index is 0.000000321. The first-order chi connectivity index (χ1) is 9.40. The molecule has 2 N–H and O–H groups in total. The van der Waals surface area contributed by atoms with Crippen LogP contribution in [0.4, 0.5) is 8.78 Å². The minimum absolute atomic E-state index is 0.0903. The topological polar surface area (TPSA) is 40.5 Å². The molecule has 20 heavy (non-hydrogen) atoms. The van der Waals surface area contributed by atoms with Crippen LogP contribution in [0.2, 0.25) is 10.0 Å². The van der Waals surface area contributed by atoms with E-state index in [1.807, 2.05) is 13.8 Å². The molecule has 2 aromatic rings. The summed E-state index contributed by atoms with van der Waals surface area (Å²) in [4.78, 5) is 0. The number of benzene rings is 2. The monoisotopic (exact) mass is 322 g/mol. The summed E-state index contributed by atoms with van der Waals surface area (Å²) in [6, 6.07) is 7.66. The fourth-order valence-electron chi connectivity index (χ4n) is 1.03. The fraction of sp³-hybridized carbons (Fsp3) is 0.143. The van der Waals surface area contributed by atoms with E-state index in [2.05, 4.69) is 0 Å². The van der Waals surface area contributed by atoms with Gasteiger partial charge in [0.05, 0.1) is 0 Å². The molecule has 0 aromatic heterocycles. The van der Waals surface area contributed by atoms with Crippen molar-refractivity contribution in [3.05, 3.63) is 58.1 Å². The van der Waals surface area contributed by atoms with Gasteiger partial charge in [0, 0.05) is 10.0 Å². The van der Waals surface area contributed by atoms with E-state index in [0.717, 1.165) is 12.1 Å². The lowest BCUT2D eigenvalue weighted by Crippen LogP contribution is -1.81. The summed E-state index contributed by atoms with van der Waals surface area (Å²) in [5.74, 6) is -2.80. The van der Waals surface area contributed by atoms with Gasteiger partial charge in [-0.05, 0) is 30.3 Å². The van der Waals surface area contributed by atoms with Crippen molar-refractivity contribution in [3.8, 4) is 11.5 Å². The second-order valence-electron chi connectivity index (χ2n) is 3.20. The number of hydrogen-bond acceptors (Lipinski definition) is 2. The van der Waals surface area contributed by atoms with Crippen LogP contribution in [0.1, 0.15) is 13.8 Å². The highest BCUT2D eigenvalue weighted by Crippen LogP contribution is 2.22. The highest BCUT2D eigenvalue weighted by molar-refractivity contribution is 6.34. The molecule has 0 heterocycles. The maximum atomic E-state index is 12.1. The lowest BCUT2D eigenvalue weighted by molar-refractivity contribution is 0.407. The summed E-state index contributed by atoms with van der Waals surface area (Å²) in [5, 5.41) is 18.2. The maximum absolute atomic E-state index is 12.1. The van der Waals surface area contributed by atoms with E-state index in [0.29, 0.717) is 10.0 Å². The second-order valence-corrected chi connectivity index (χ2v) is 4.07. The molecule has 2 rings (SSSR count). The summed E-state index contributed by atoms with van der Waals surface area (Å²) < 4.78 is 24.2. The molecule has 0 atom stereocenters. The largest absolute Gasteiger partial charge is 0.508 e. The summed E-state index contributed by atoms with van der Waals surface area (Å²) in [7, 11) is 0. The van der Waals surface area contributed by atoms with Crippen LogP contribution >= 0.6 is 23.2 Å². The van der Waals surface area contributed by atoms with Crippen LogP contribution in [0.15, 0.2) is 36.4 Å². The number of phenolic OH excluding ortho intramolecular Hbond substituents is 2. The second kappa shape index (κ2) is 9.39. The Hall–Kier alpha value is -1.52. The van der Waals surface area contributed by atoms with Gasteiger partial charge >= 0.3 is 0 Å². The van der Waals surface area contributed by atoms with Gasteiger partial charge < -0.3 is 10.2 Å². The zero-order valence-corrected chi connectivity index (χ0v) is 12.4. The van der Waals surface area contributed by atoms with Crippen LogP contribution in [0.25, 0.3) is 0 Å². The average molecular weight is 323 g/mol. The predicted molar refractivity (Wildman–Crippen MR) is 77.5 cm³/mol. The van der Waals surface area contributed by atoms with Crippen molar-refractivity contribution in [2.45, 2.75) is 13.8 Å². The van der Waals surface area contributed by atoms with Crippen LogP contribution in [-0.4, -0.2) is 10.2 Å². The first kappa shape index (κ1) is 18.5. The summed E-state index contributed by atoms with van der Waals surface area (Å²) in [6.45, 7) is 4.00. The highest BCUT2D eigenvalue weighted by Gasteiger charge is 2.03. The lowest BCUT2D eigenvalue weighted by atomic mass is 10.3. The van der Waals surface area contributed by atoms with Crippen LogP contribution in [0.5, 0.6) is 11.5 Å². The van der Waals surface area contributed by atoms with Crippen molar-refractivity contribution in [1.29, 1.82) is 0 Å². The number of halogens is 4. The van der Waals surface area contributed by atoms with Crippen LogP contribution < -0.4 is 0 Å². The minimum Gasteiger partial charge on any atom is -0.508 e. The fourth-order valence-corrected chi connectivity index (χ4v) is 1.55. The summed E-state index contributed by atoms with van der Waals surface area (Å²) in [6.07, 6.45) is 0. The van der Waals surface area contributed by atoms with Gasteiger partial charge in [-0.3, -0.25) is 0 Å². The molecule has 0 saturated carbocycles. The van der Waals surface area contributed by atoms with E-state index in [4.69, 9.17) is 33.4 Å². The minimum atomic E-state index is -1.20. The molecule has 0 radical (unpaired) electrons. The SMILES string of the molecule is CC.Oc1cc(Cl)cc(Cl)c1.Oc1cccc(F)c1F. The van der Waals surface area contributed by atoms with Gasteiger partial charge in [-0.15, -0.1) is 0 Å². The molecule has 0 aliphatic carbocycles. The van der Waals surface area contributed by atoms with E-state index in [1.165, 1.54) is 18.2 Å². The first-order valence-corrected chi connectivity index (χ1v) is 6.44. The molecule has 110 valence electrons. The molecule has 0 saturated heterocycles. The van der Waals surface area contributed by atoms with Crippen molar-refractivity contribution < 1.29 is 19.0 Å². The lowest BCUT2D eigenvalue weighted by Gasteiger charge is -1.92. The van der Waals surface area contributed by atoms with Crippen LogP contribution in [0, 0.1) is 11.6 Å². The first-order valence-electron chi connectivity index (χ1n) is 5.68. The molecular formula is C14H14Cl2F2O2. The van der Waals surface area contributed by atoms with E-state index in [-0.39, 0.29) is 5.75 Å². The number of hydrogen-bond donors (Lipinski definition) is 2. The quantitative estimate of drug-likeness (QED) is 0.682. The molecule has 0 aliphatic rings. The number of phenols is 2. The van der Waals surface area contributed by atoms with E-state index in [9.17, 15) is 8.78 Å². The Morgan fingerprint density at radius 3 is 1.75 bits per heavy atom. The van der Waals surface area contributed by atoms with Gasteiger partial charge in [0.1, 0.15) is 5.75 Å². The van der Waals surface area contributed by atoms with Crippen molar-refractivity contribution in [2.24, 2.45) is 0 Å². The van der Waals surface area contributed by atoms with Gasteiger partial charge in [0.15, 0.2) is 17.4 Å². The third-order valence-corrected chi connectivity index (χ3v) is 2.21. The van der Waals surface area contributed by atoms with E-state index < -0.39 is 17.4 Å². The molecule has 2 aromatic carbocycles. The predicted octanol–water partition coefficient (Wildman–Crippen LogP) is 5.40. The van der Waals surface area contributed by atoms with Gasteiger partial charge in [-0.2, -0.15) is 4.39 Å². The Morgan fingerprint density at radius 2 is 1.40 bits per heavy atom. The molecule has 0 fully saturated rings. The Bertz CT molecular complexity index is 478. The molecular weight excluding hydrogens is 309 g/mol. The van der Waals surface area contributed by atoms with Gasteiger partial charge in [0.2, 0.25) is 0 Å². The summed E-state index contributed by atoms with van der Waals surface area (Å²) >= 11 is 11.0. The Morgan fingerprint density at radius 1 is 0.900 bits per heavy atom. The third-order valence-electron chi connectivity index (χ3n) is 1.78. The third kappa shape index (κ3) is 6.59. The molecule has 0 spiro atoms. The van der Waals surface area contributed by atoms with E-state index >= 15 is 0 Å². The standard InChI is InChI=1S/C6H4Cl2O.C6H4F2O.C2H6/c7-4-1-5(8)3-6(9)2-4;7-4-2-1-3-5(9)6(4)8;1-2/h2*1-3,9H;1-2H3. The van der Waals surface area contributed by atoms with Gasteiger partial charge in [-0.25, -0.2) is 4.39 Å². The van der Waals surface area contributed by atoms with Crippen LogP contribution in [-0.2, 0) is 0 Å². The Kier molecular flexibility index (Phi) is 8.68. The highest BCUT2D eigenvalue weighted by atomic mass is 35.5. The normalized spacial score (nSPS) is 8.90. The van der Waals surface area contributed by atoms with Crippen LogP contribution in [0.3, 0.4) is 0 Å². The zero-order chi connectivity index (χ0) is 15.7. The zero-order valence-electron chi connectivity index (χ0n) is 10.9. The Labute approximate surface area is 126 Å². The van der Waals surface area contributed by atoms with Crippen molar-refractivity contribution >= 4 is 23.2 Å². The number of aromatic hydroxyl groups is 2. The number of rotatable bonds is 0. The molecule has 0 aliphatic heterocycles. The molecule has 6 heteroatoms. The maximum Gasteiger partial charge on any atom is 0.200 e.